The summed E-state index contributed by atoms with van der Waals surface area (Å²) in [5.41, 5.74) is 0.643. The third kappa shape index (κ3) is 5.30. The van der Waals surface area contributed by atoms with Crippen LogP contribution in [-0.4, -0.2) is 42.4 Å². The first-order valence-electron chi connectivity index (χ1n) is 7.71. The summed E-state index contributed by atoms with van der Waals surface area (Å²) in [6.45, 7) is 7.53. The molecule has 1 amide bonds. The van der Waals surface area contributed by atoms with Crippen LogP contribution in [0, 0.1) is 5.92 Å². The Morgan fingerprint density at radius 3 is 2.64 bits per heavy atom. The summed E-state index contributed by atoms with van der Waals surface area (Å²) in [6, 6.07) is 10.0. The van der Waals surface area contributed by atoms with Gasteiger partial charge < -0.3 is 10.1 Å². The summed E-state index contributed by atoms with van der Waals surface area (Å²) in [4.78, 5) is 13.7. The van der Waals surface area contributed by atoms with Gasteiger partial charge in [0.2, 0.25) is 0 Å². The van der Waals surface area contributed by atoms with Gasteiger partial charge in [0, 0.05) is 32.1 Å². The molecule has 0 spiro atoms. The molecule has 122 valence electrons. The van der Waals surface area contributed by atoms with Crippen molar-refractivity contribution in [2.45, 2.75) is 39.1 Å². The average molecular weight is 308 g/mol. The number of alkyl carbamates (subject to hydrolysis) is 1. The number of carbonyl (C=O) groups is 1. The lowest BCUT2D eigenvalue weighted by atomic mass is 10.1. The SMILES string of the molecule is CC(C)(C)OC(=O)NC[C@H]1CN(Cc2ccccc2)C[C@@H]1F. The highest BCUT2D eigenvalue weighted by atomic mass is 19.1. The van der Waals surface area contributed by atoms with Crippen LogP contribution in [-0.2, 0) is 11.3 Å². The molecule has 0 bridgehead atoms. The predicted molar refractivity (Wildman–Crippen MR) is 84.3 cm³/mol. The summed E-state index contributed by atoms with van der Waals surface area (Å²) >= 11 is 0. The fourth-order valence-corrected chi connectivity index (χ4v) is 2.61. The van der Waals surface area contributed by atoms with E-state index >= 15 is 0 Å². The zero-order valence-electron chi connectivity index (χ0n) is 13.5. The highest BCUT2D eigenvalue weighted by molar-refractivity contribution is 5.67. The van der Waals surface area contributed by atoms with Crippen LogP contribution in [0.1, 0.15) is 26.3 Å². The first-order chi connectivity index (χ1) is 10.3. The van der Waals surface area contributed by atoms with Gasteiger partial charge in [0.05, 0.1) is 0 Å². The first kappa shape index (κ1) is 16.7. The molecule has 1 aliphatic rings. The molecular weight excluding hydrogens is 283 g/mol. The van der Waals surface area contributed by atoms with E-state index in [-0.39, 0.29) is 5.92 Å². The maximum atomic E-state index is 14.1. The lowest BCUT2D eigenvalue weighted by Crippen LogP contribution is -2.37. The standard InChI is InChI=1S/C17H25FN2O2/c1-17(2,3)22-16(21)19-9-14-11-20(12-15(14)18)10-13-7-5-4-6-8-13/h4-8,14-15H,9-12H2,1-3H3,(H,19,21)/t14-,15-/m0/s1. The van der Waals surface area contributed by atoms with E-state index in [0.29, 0.717) is 19.6 Å². The van der Waals surface area contributed by atoms with Crippen molar-refractivity contribution in [2.24, 2.45) is 5.92 Å². The van der Waals surface area contributed by atoms with E-state index in [1.807, 2.05) is 51.1 Å². The molecule has 0 aliphatic carbocycles. The van der Waals surface area contributed by atoms with E-state index in [2.05, 4.69) is 10.2 Å². The zero-order chi connectivity index (χ0) is 16.2. The Morgan fingerprint density at radius 1 is 1.32 bits per heavy atom. The fourth-order valence-electron chi connectivity index (χ4n) is 2.61. The van der Waals surface area contributed by atoms with Crippen LogP contribution >= 0.6 is 0 Å². The van der Waals surface area contributed by atoms with Gasteiger partial charge in [-0.2, -0.15) is 0 Å². The number of nitrogens with one attached hydrogen (secondary N) is 1. The Morgan fingerprint density at radius 2 is 2.00 bits per heavy atom. The largest absolute Gasteiger partial charge is 0.444 e. The Hall–Kier alpha value is -1.62. The van der Waals surface area contributed by atoms with Gasteiger partial charge in [0.1, 0.15) is 11.8 Å². The Balaban J connectivity index is 1.78. The molecule has 0 unspecified atom stereocenters. The molecule has 22 heavy (non-hydrogen) atoms. The van der Waals surface area contributed by atoms with Gasteiger partial charge >= 0.3 is 6.09 Å². The third-order valence-electron chi connectivity index (χ3n) is 3.59. The minimum absolute atomic E-state index is 0.184. The number of carbonyl (C=O) groups excluding carboxylic acids is 1. The van der Waals surface area contributed by atoms with E-state index in [9.17, 15) is 9.18 Å². The van der Waals surface area contributed by atoms with Crippen LogP contribution in [0.2, 0.25) is 0 Å². The number of benzene rings is 1. The van der Waals surface area contributed by atoms with Gasteiger partial charge in [0.15, 0.2) is 0 Å². The monoisotopic (exact) mass is 308 g/mol. The van der Waals surface area contributed by atoms with Crippen LogP contribution in [0.15, 0.2) is 30.3 Å². The number of hydrogen-bond acceptors (Lipinski definition) is 3. The number of hydrogen-bond donors (Lipinski definition) is 1. The lowest BCUT2D eigenvalue weighted by molar-refractivity contribution is 0.0515. The van der Waals surface area contributed by atoms with Crippen LogP contribution in [0.3, 0.4) is 0 Å². The van der Waals surface area contributed by atoms with E-state index in [0.717, 1.165) is 6.54 Å². The summed E-state index contributed by atoms with van der Waals surface area (Å²) in [6.07, 6.45) is -1.40. The molecule has 4 nitrogen and oxygen atoms in total. The normalized spacial score (nSPS) is 22.5. The number of amides is 1. The van der Waals surface area contributed by atoms with E-state index in [1.54, 1.807) is 0 Å². The molecule has 0 aromatic heterocycles. The molecule has 5 heteroatoms. The maximum Gasteiger partial charge on any atom is 0.407 e. The third-order valence-corrected chi connectivity index (χ3v) is 3.59. The Bertz CT molecular complexity index is 487. The van der Waals surface area contributed by atoms with Crippen LogP contribution in [0.25, 0.3) is 0 Å². The van der Waals surface area contributed by atoms with Crippen LogP contribution < -0.4 is 5.32 Å². The minimum Gasteiger partial charge on any atom is -0.444 e. The highest BCUT2D eigenvalue weighted by Crippen LogP contribution is 2.21. The van der Waals surface area contributed by atoms with Gasteiger partial charge in [-0.3, -0.25) is 4.90 Å². The van der Waals surface area contributed by atoms with Crippen molar-refractivity contribution >= 4 is 6.09 Å². The van der Waals surface area contributed by atoms with Gasteiger partial charge in [-0.15, -0.1) is 0 Å². The highest BCUT2D eigenvalue weighted by Gasteiger charge is 2.33. The number of rotatable bonds is 4. The van der Waals surface area contributed by atoms with E-state index < -0.39 is 17.9 Å². The summed E-state index contributed by atoms with van der Waals surface area (Å²) in [5, 5.41) is 2.67. The quantitative estimate of drug-likeness (QED) is 0.930. The number of halogens is 1. The van der Waals surface area contributed by atoms with Crippen molar-refractivity contribution in [1.29, 1.82) is 0 Å². The number of nitrogens with zero attached hydrogens (tertiary/aromatic N) is 1. The van der Waals surface area contributed by atoms with Crippen molar-refractivity contribution in [3.8, 4) is 0 Å². The molecule has 1 aromatic rings. The summed E-state index contributed by atoms with van der Waals surface area (Å²) < 4.78 is 19.3. The second kappa shape index (κ2) is 7.09. The number of likely N-dealkylation sites (tertiary alicyclic amines) is 1. The van der Waals surface area contributed by atoms with Gasteiger partial charge in [-0.1, -0.05) is 30.3 Å². The second-order valence-corrected chi connectivity index (χ2v) is 6.84. The summed E-state index contributed by atoms with van der Waals surface area (Å²) in [5.74, 6) is -0.184. The van der Waals surface area contributed by atoms with Gasteiger partial charge in [-0.25, -0.2) is 9.18 Å². The molecule has 1 saturated heterocycles. The predicted octanol–water partition coefficient (Wildman–Crippen LogP) is 2.98. The van der Waals surface area contributed by atoms with Gasteiger partial charge in [0.25, 0.3) is 0 Å². The minimum atomic E-state index is -0.918. The van der Waals surface area contributed by atoms with Crippen molar-refractivity contribution in [3.05, 3.63) is 35.9 Å². The Kier molecular flexibility index (Phi) is 5.40. The lowest BCUT2D eigenvalue weighted by Gasteiger charge is -2.21. The van der Waals surface area contributed by atoms with Crippen molar-refractivity contribution < 1.29 is 13.9 Å². The zero-order valence-corrected chi connectivity index (χ0v) is 13.5. The topological polar surface area (TPSA) is 41.6 Å². The number of alkyl halides is 1. The molecule has 1 heterocycles. The molecule has 1 aliphatic heterocycles. The van der Waals surface area contributed by atoms with Crippen LogP contribution in [0.4, 0.5) is 9.18 Å². The molecule has 1 aromatic carbocycles. The fraction of sp³-hybridized carbons (Fsp3) is 0.588. The average Bonchev–Trinajstić information content (AvgIpc) is 2.76. The van der Waals surface area contributed by atoms with Crippen molar-refractivity contribution in [1.82, 2.24) is 10.2 Å². The molecular formula is C17H25FN2O2. The van der Waals surface area contributed by atoms with Crippen molar-refractivity contribution in [2.75, 3.05) is 19.6 Å². The van der Waals surface area contributed by atoms with Gasteiger partial charge in [-0.05, 0) is 26.3 Å². The van der Waals surface area contributed by atoms with Crippen molar-refractivity contribution in [3.63, 3.8) is 0 Å². The number of ether oxygens (including phenoxy) is 1. The molecule has 2 atom stereocenters. The second-order valence-electron chi connectivity index (χ2n) is 6.84. The van der Waals surface area contributed by atoms with Crippen LogP contribution in [0.5, 0.6) is 0 Å². The van der Waals surface area contributed by atoms with E-state index in [4.69, 9.17) is 4.74 Å². The first-order valence-corrected chi connectivity index (χ1v) is 7.71. The smallest absolute Gasteiger partial charge is 0.407 e. The molecule has 1 fully saturated rings. The van der Waals surface area contributed by atoms with E-state index in [1.165, 1.54) is 5.56 Å². The summed E-state index contributed by atoms with van der Waals surface area (Å²) in [7, 11) is 0. The molecule has 2 rings (SSSR count). The molecule has 1 N–H and O–H groups in total. The maximum absolute atomic E-state index is 14.1. The Labute approximate surface area is 131 Å². The molecule has 0 saturated carbocycles. The molecule has 0 radical (unpaired) electrons.